The third-order valence-corrected chi connectivity index (χ3v) is 6.38. The predicted octanol–water partition coefficient (Wildman–Crippen LogP) is 5.42. The molecule has 1 heterocycles. The van der Waals surface area contributed by atoms with E-state index in [2.05, 4.69) is 13.8 Å². The van der Waals surface area contributed by atoms with Crippen molar-refractivity contribution in [1.82, 2.24) is 9.80 Å². The van der Waals surface area contributed by atoms with Gasteiger partial charge < -0.3 is 24.4 Å². The maximum absolute atomic E-state index is 13.3. The number of carbonyl (C=O) groups excluding carboxylic acids is 2. The Morgan fingerprint density at radius 1 is 0.919 bits per heavy atom. The van der Waals surface area contributed by atoms with E-state index in [1.54, 1.807) is 23.1 Å². The van der Waals surface area contributed by atoms with Crippen LogP contribution in [0.15, 0.2) is 54.1 Å². The molecule has 200 valence electrons. The summed E-state index contributed by atoms with van der Waals surface area (Å²) in [5, 5.41) is 11.4. The third kappa shape index (κ3) is 7.35. The van der Waals surface area contributed by atoms with E-state index in [9.17, 15) is 14.7 Å². The zero-order valence-corrected chi connectivity index (χ0v) is 22.5. The van der Waals surface area contributed by atoms with Crippen LogP contribution in [-0.2, 0) is 9.59 Å². The van der Waals surface area contributed by atoms with Crippen LogP contribution < -0.4 is 9.47 Å². The van der Waals surface area contributed by atoms with Gasteiger partial charge in [0.05, 0.1) is 24.8 Å². The lowest BCUT2D eigenvalue weighted by atomic mass is 9.95. The van der Waals surface area contributed by atoms with Crippen molar-refractivity contribution in [2.24, 2.45) is 0 Å². The Balaban J connectivity index is 1.98. The normalized spacial score (nSPS) is 17.0. The van der Waals surface area contributed by atoms with Crippen molar-refractivity contribution in [1.29, 1.82) is 0 Å². The first kappa shape index (κ1) is 28.3. The molecule has 0 spiro atoms. The van der Waals surface area contributed by atoms with E-state index in [4.69, 9.17) is 9.47 Å². The molecule has 7 nitrogen and oxygen atoms in total. The summed E-state index contributed by atoms with van der Waals surface area (Å²) in [4.78, 5) is 30.0. The molecule has 0 saturated carbocycles. The summed E-state index contributed by atoms with van der Waals surface area (Å²) < 4.78 is 11.6. The smallest absolute Gasteiger partial charge is 0.295 e. The molecular formula is C30H40N2O5. The average Bonchev–Trinajstić information content (AvgIpc) is 3.14. The van der Waals surface area contributed by atoms with Gasteiger partial charge in [0.25, 0.3) is 11.7 Å². The maximum atomic E-state index is 13.3. The summed E-state index contributed by atoms with van der Waals surface area (Å²) in [6, 6.07) is 13.8. The lowest BCUT2D eigenvalue weighted by molar-refractivity contribution is -0.139. The number of rotatable bonds is 14. The fourth-order valence-electron chi connectivity index (χ4n) is 4.32. The highest BCUT2D eigenvalue weighted by Crippen LogP contribution is 2.40. The number of Topliss-reactive ketones (excluding diaryl/α,β-unsaturated/α-hetero) is 1. The molecule has 37 heavy (non-hydrogen) atoms. The Labute approximate surface area is 220 Å². The number of hydrogen-bond donors (Lipinski definition) is 1. The van der Waals surface area contributed by atoms with Crippen LogP contribution in [0.1, 0.15) is 63.1 Å². The summed E-state index contributed by atoms with van der Waals surface area (Å²) in [6.07, 6.45) is 4.65. The number of aliphatic hydroxyl groups excluding tert-OH is 1. The zero-order valence-electron chi connectivity index (χ0n) is 22.5. The Hall–Kier alpha value is -3.32. The van der Waals surface area contributed by atoms with Crippen molar-refractivity contribution in [3.8, 4) is 11.5 Å². The van der Waals surface area contributed by atoms with Crippen molar-refractivity contribution >= 4 is 17.4 Å². The first-order valence-electron chi connectivity index (χ1n) is 13.3. The van der Waals surface area contributed by atoms with Gasteiger partial charge in [-0.15, -0.1) is 0 Å². The summed E-state index contributed by atoms with van der Waals surface area (Å²) in [6.45, 7) is 6.58. The van der Waals surface area contributed by atoms with Gasteiger partial charge in [-0.05, 0) is 69.7 Å². The SMILES string of the molecule is CCCCOc1ccc(C2C(=C(O)c3cccc(OCCCC)c3)C(=O)C(=O)N2CCCN(C)C)cc1. The molecule has 2 aromatic rings. The second kappa shape index (κ2) is 13.8. The van der Waals surface area contributed by atoms with Gasteiger partial charge in [-0.3, -0.25) is 9.59 Å². The molecular weight excluding hydrogens is 468 g/mol. The second-order valence-corrected chi connectivity index (χ2v) is 9.65. The number of ketones is 1. The molecule has 3 rings (SSSR count). The molecule has 2 aromatic carbocycles. The molecule has 0 radical (unpaired) electrons. The van der Waals surface area contributed by atoms with Gasteiger partial charge in [-0.25, -0.2) is 0 Å². The molecule has 1 aliphatic rings. The topological polar surface area (TPSA) is 79.3 Å². The fourth-order valence-corrected chi connectivity index (χ4v) is 4.32. The number of unbranched alkanes of at least 4 members (excludes halogenated alkanes) is 2. The number of aliphatic hydroxyl groups is 1. The van der Waals surface area contributed by atoms with Crippen LogP contribution in [0.25, 0.3) is 5.76 Å². The molecule has 7 heteroatoms. The van der Waals surface area contributed by atoms with Crippen molar-refractivity contribution in [3.05, 3.63) is 65.2 Å². The predicted molar refractivity (Wildman–Crippen MR) is 146 cm³/mol. The number of nitrogens with zero attached hydrogens (tertiary/aromatic N) is 2. The van der Waals surface area contributed by atoms with E-state index >= 15 is 0 Å². The first-order valence-corrected chi connectivity index (χ1v) is 13.3. The van der Waals surface area contributed by atoms with Crippen LogP contribution in [0.2, 0.25) is 0 Å². The van der Waals surface area contributed by atoms with Gasteiger partial charge >= 0.3 is 0 Å². The van der Waals surface area contributed by atoms with E-state index in [1.807, 2.05) is 49.3 Å². The van der Waals surface area contributed by atoms with Gasteiger partial charge in [0.1, 0.15) is 17.3 Å². The minimum atomic E-state index is -0.684. The molecule has 1 unspecified atom stereocenters. The van der Waals surface area contributed by atoms with Crippen molar-refractivity contribution in [3.63, 3.8) is 0 Å². The van der Waals surface area contributed by atoms with Gasteiger partial charge in [0.2, 0.25) is 0 Å². The highest BCUT2D eigenvalue weighted by Gasteiger charge is 2.45. The van der Waals surface area contributed by atoms with Crippen LogP contribution in [0, 0.1) is 0 Å². The van der Waals surface area contributed by atoms with Crippen molar-refractivity contribution in [2.75, 3.05) is 40.4 Å². The second-order valence-electron chi connectivity index (χ2n) is 9.65. The lowest BCUT2D eigenvalue weighted by Crippen LogP contribution is -2.32. The first-order chi connectivity index (χ1) is 17.9. The van der Waals surface area contributed by atoms with E-state index in [0.717, 1.165) is 43.5 Å². The van der Waals surface area contributed by atoms with Gasteiger partial charge in [0, 0.05) is 12.1 Å². The molecule has 1 aliphatic heterocycles. The largest absolute Gasteiger partial charge is 0.507 e. The number of likely N-dealkylation sites (tertiary alicyclic amines) is 1. The highest BCUT2D eigenvalue weighted by atomic mass is 16.5. The molecule has 1 amide bonds. The van der Waals surface area contributed by atoms with Crippen LogP contribution in [0.3, 0.4) is 0 Å². The average molecular weight is 509 g/mol. The minimum Gasteiger partial charge on any atom is -0.507 e. The van der Waals surface area contributed by atoms with E-state index in [0.29, 0.717) is 37.5 Å². The maximum Gasteiger partial charge on any atom is 0.295 e. The number of carbonyl (C=O) groups is 2. The van der Waals surface area contributed by atoms with E-state index in [-0.39, 0.29) is 11.3 Å². The Kier molecular flexibility index (Phi) is 10.6. The number of hydrogen-bond acceptors (Lipinski definition) is 6. The van der Waals surface area contributed by atoms with Gasteiger partial charge in [0.15, 0.2) is 0 Å². The van der Waals surface area contributed by atoms with E-state index in [1.165, 1.54) is 0 Å². The monoisotopic (exact) mass is 508 g/mol. The Morgan fingerprint density at radius 3 is 2.19 bits per heavy atom. The molecule has 1 N–H and O–H groups in total. The zero-order chi connectivity index (χ0) is 26.8. The summed E-state index contributed by atoms with van der Waals surface area (Å²) in [7, 11) is 3.94. The van der Waals surface area contributed by atoms with Crippen molar-refractivity contribution < 1.29 is 24.2 Å². The highest BCUT2D eigenvalue weighted by molar-refractivity contribution is 6.46. The van der Waals surface area contributed by atoms with Crippen LogP contribution in [0.5, 0.6) is 11.5 Å². The molecule has 0 bridgehead atoms. The van der Waals surface area contributed by atoms with Gasteiger partial charge in [-0.2, -0.15) is 0 Å². The van der Waals surface area contributed by atoms with Crippen LogP contribution in [0.4, 0.5) is 0 Å². The summed E-state index contributed by atoms with van der Waals surface area (Å²) >= 11 is 0. The molecule has 1 saturated heterocycles. The molecule has 1 atom stereocenters. The third-order valence-electron chi connectivity index (χ3n) is 6.38. The number of amides is 1. The molecule has 0 aliphatic carbocycles. The molecule has 1 fully saturated rings. The Morgan fingerprint density at radius 2 is 1.57 bits per heavy atom. The van der Waals surface area contributed by atoms with Crippen LogP contribution >= 0.6 is 0 Å². The minimum absolute atomic E-state index is 0.0974. The standard InChI is InChI=1S/C30H40N2O5/c1-5-7-19-36-24-15-13-22(14-16-24)27-26(29(34)30(35)32(27)18-10-17-31(3)4)28(33)23-11-9-12-25(21-23)37-20-8-6-2/h9,11-16,21,27,33H,5-8,10,17-20H2,1-4H3. The number of benzene rings is 2. The summed E-state index contributed by atoms with van der Waals surface area (Å²) in [5.41, 5.74) is 1.30. The van der Waals surface area contributed by atoms with Crippen molar-refractivity contribution in [2.45, 2.75) is 52.0 Å². The van der Waals surface area contributed by atoms with Crippen LogP contribution in [-0.4, -0.2) is 67.0 Å². The molecule has 0 aromatic heterocycles. The summed E-state index contributed by atoms with van der Waals surface area (Å²) in [5.74, 6) is -0.110. The fraction of sp³-hybridized carbons (Fsp3) is 0.467. The lowest BCUT2D eigenvalue weighted by Gasteiger charge is -2.26. The van der Waals surface area contributed by atoms with Gasteiger partial charge in [-0.1, -0.05) is 51.0 Å². The van der Waals surface area contributed by atoms with E-state index < -0.39 is 17.7 Å². The number of ether oxygens (including phenoxy) is 2. The Bertz CT molecular complexity index is 1080. The quantitative estimate of drug-likeness (QED) is 0.159.